The van der Waals surface area contributed by atoms with E-state index in [9.17, 15) is 0 Å². The minimum absolute atomic E-state index is 0. The maximum Gasteiger partial charge on any atom is 2.00 e. The summed E-state index contributed by atoms with van der Waals surface area (Å²) in [7, 11) is 0. The molecular formula is C9H9N2Pt+. The Kier molecular flexibility index (Phi) is 4.72. The van der Waals surface area contributed by atoms with Crippen LogP contribution in [0.5, 0.6) is 0 Å². The molecule has 2 aromatic rings. The zero-order valence-corrected chi connectivity index (χ0v) is 8.65. The van der Waals surface area contributed by atoms with Crippen LogP contribution in [0.2, 0.25) is 0 Å². The van der Waals surface area contributed by atoms with Crippen molar-refractivity contribution < 1.29 is 21.1 Å². The number of nitrogens with zero attached hydrogens (tertiary/aromatic N) is 1. The summed E-state index contributed by atoms with van der Waals surface area (Å²) in [5.74, 6) is 0. The van der Waals surface area contributed by atoms with E-state index in [4.69, 9.17) is 0 Å². The minimum Gasteiger partial charge on any atom is -0.693 e. The first-order valence-electron chi connectivity index (χ1n) is 3.25. The molecule has 2 rings (SSSR count). The van der Waals surface area contributed by atoms with Crippen molar-refractivity contribution in [2.24, 2.45) is 0 Å². The minimum atomic E-state index is 0. The molecular weight excluding hydrogens is 331 g/mol. The molecule has 0 unspecified atom stereocenters. The van der Waals surface area contributed by atoms with Crippen LogP contribution in [0.25, 0.3) is 16.9 Å². The first-order chi connectivity index (χ1) is 4.97. The van der Waals surface area contributed by atoms with Crippen molar-refractivity contribution in [1.82, 2.24) is 4.98 Å². The number of benzene rings is 1. The van der Waals surface area contributed by atoms with Crippen LogP contribution in [-0.4, -0.2) is 4.98 Å². The van der Waals surface area contributed by atoms with Crippen molar-refractivity contribution in [2.75, 3.05) is 0 Å². The summed E-state index contributed by atoms with van der Waals surface area (Å²) in [6, 6.07) is 10.2. The molecule has 3 heteroatoms. The summed E-state index contributed by atoms with van der Waals surface area (Å²) in [6.45, 7) is 0. The average molecular weight is 340 g/mol. The second kappa shape index (κ2) is 5.02. The Morgan fingerprint density at radius 3 is 2.25 bits per heavy atom. The molecule has 0 fully saturated rings. The van der Waals surface area contributed by atoms with Crippen LogP contribution >= 0.6 is 0 Å². The largest absolute Gasteiger partial charge is 2.00 e. The molecule has 12 heavy (non-hydrogen) atoms. The normalized spacial score (nSPS) is 8.33. The maximum absolute atomic E-state index is 4.01. The Morgan fingerprint density at radius 1 is 0.917 bits per heavy atom. The Morgan fingerprint density at radius 2 is 1.58 bits per heavy atom. The van der Waals surface area contributed by atoms with Gasteiger partial charge in [0.15, 0.2) is 0 Å². The Balaban J connectivity index is 0.000000605. The summed E-state index contributed by atoms with van der Waals surface area (Å²) < 4.78 is 0. The van der Waals surface area contributed by atoms with E-state index in [0.29, 0.717) is 0 Å². The molecule has 0 saturated heterocycles. The number of nitrogens with two attached hydrogens (primary N) is 1. The maximum atomic E-state index is 4.01. The van der Waals surface area contributed by atoms with Gasteiger partial charge in [0.1, 0.15) is 0 Å². The van der Waals surface area contributed by atoms with Crippen LogP contribution in [0, 0.1) is 0 Å². The van der Waals surface area contributed by atoms with Crippen LogP contribution < -0.4 is 0 Å². The van der Waals surface area contributed by atoms with Gasteiger partial charge in [0.05, 0.1) is 0 Å². The van der Waals surface area contributed by atoms with E-state index in [1.165, 1.54) is 10.8 Å². The quantitative estimate of drug-likeness (QED) is 0.727. The van der Waals surface area contributed by atoms with Crippen molar-refractivity contribution in [3.63, 3.8) is 0 Å². The van der Waals surface area contributed by atoms with Crippen LogP contribution in [0.4, 0.5) is 0 Å². The molecule has 0 saturated carbocycles. The molecule has 2 nitrogen and oxygen atoms in total. The summed E-state index contributed by atoms with van der Waals surface area (Å²) in [4.78, 5) is 4.01. The van der Waals surface area contributed by atoms with Crippen molar-refractivity contribution in [3.8, 4) is 0 Å². The molecule has 0 aliphatic carbocycles. The van der Waals surface area contributed by atoms with Crippen LogP contribution in [0.1, 0.15) is 0 Å². The fourth-order valence-corrected chi connectivity index (χ4v) is 1.03. The standard InChI is InChI=1S/C9H7N.H2N.Pt/c1-2-4-9-7-10-6-5-8(9)3-1;;/h1-7H;1H2;/q;-1;+2. The van der Waals surface area contributed by atoms with E-state index in [1.54, 1.807) is 0 Å². The molecule has 0 radical (unpaired) electrons. The predicted molar refractivity (Wildman–Crippen MR) is 47.0 cm³/mol. The van der Waals surface area contributed by atoms with Gasteiger partial charge in [0, 0.05) is 12.4 Å². The first-order valence-corrected chi connectivity index (χ1v) is 3.25. The van der Waals surface area contributed by atoms with Gasteiger partial charge in [-0.1, -0.05) is 24.3 Å². The van der Waals surface area contributed by atoms with Crippen molar-refractivity contribution in [2.45, 2.75) is 0 Å². The van der Waals surface area contributed by atoms with E-state index in [-0.39, 0.29) is 27.2 Å². The second-order valence-electron chi connectivity index (χ2n) is 2.22. The monoisotopic (exact) mass is 340 g/mol. The van der Waals surface area contributed by atoms with Gasteiger partial charge in [-0.3, -0.25) is 4.98 Å². The fraction of sp³-hybridized carbons (Fsp3) is 0. The molecule has 1 heterocycles. The third-order valence-corrected chi connectivity index (χ3v) is 1.55. The molecule has 0 bridgehead atoms. The Hall–Kier alpha value is -0.722. The van der Waals surface area contributed by atoms with E-state index in [1.807, 2.05) is 30.6 Å². The SMILES string of the molecule is [NH2-].[Pt+2].c1ccc2cnccc2c1. The molecule has 64 valence electrons. The van der Waals surface area contributed by atoms with E-state index >= 15 is 0 Å². The summed E-state index contributed by atoms with van der Waals surface area (Å²) >= 11 is 0. The van der Waals surface area contributed by atoms with Crippen LogP contribution in [-0.2, 0) is 21.1 Å². The average Bonchev–Trinajstić information content (AvgIpc) is 2.05. The molecule has 0 atom stereocenters. The summed E-state index contributed by atoms with van der Waals surface area (Å²) in [5.41, 5.74) is 0. The number of hydrogen-bond donors (Lipinski definition) is 0. The first kappa shape index (κ1) is 11.3. The van der Waals surface area contributed by atoms with E-state index < -0.39 is 0 Å². The zero-order chi connectivity index (χ0) is 6.81. The van der Waals surface area contributed by atoms with Gasteiger partial charge < -0.3 is 6.15 Å². The fourth-order valence-electron chi connectivity index (χ4n) is 1.03. The van der Waals surface area contributed by atoms with Crippen molar-refractivity contribution >= 4 is 10.8 Å². The number of hydrogen-bond acceptors (Lipinski definition) is 1. The zero-order valence-electron chi connectivity index (χ0n) is 6.38. The van der Waals surface area contributed by atoms with Gasteiger partial charge in [0.2, 0.25) is 0 Å². The number of pyridine rings is 1. The Bertz CT molecular complexity index is 284. The van der Waals surface area contributed by atoms with Crippen LogP contribution in [0.3, 0.4) is 0 Å². The molecule has 1 aromatic heterocycles. The Labute approximate surface area is 85.9 Å². The van der Waals surface area contributed by atoms with Gasteiger partial charge in [-0.2, -0.15) is 0 Å². The third-order valence-electron chi connectivity index (χ3n) is 1.55. The smallest absolute Gasteiger partial charge is 0.693 e. The molecule has 0 spiro atoms. The number of rotatable bonds is 0. The van der Waals surface area contributed by atoms with E-state index in [0.717, 1.165) is 0 Å². The van der Waals surface area contributed by atoms with Gasteiger partial charge in [-0.25, -0.2) is 0 Å². The number of aromatic nitrogens is 1. The van der Waals surface area contributed by atoms with Gasteiger partial charge in [-0.05, 0) is 16.8 Å². The molecule has 0 amide bonds. The molecule has 0 aliphatic rings. The summed E-state index contributed by atoms with van der Waals surface area (Å²) in [6.07, 6.45) is 3.68. The van der Waals surface area contributed by atoms with E-state index in [2.05, 4.69) is 17.1 Å². The van der Waals surface area contributed by atoms with Gasteiger partial charge >= 0.3 is 21.1 Å². The van der Waals surface area contributed by atoms with Gasteiger partial charge in [-0.15, -0.1) is 0 Å². The molecule has 2 N–H and O–H groups in total. The van der Waals surface area contributed by atoms with Crippen molar-refractivity contribution in [1.29, 1.82) is 0 Å². The van der Waals surface area contributed by atoms with Gasteiger partial charge in [0.25, 0.3) is 0 Å². The summed E-state index contributed by atoms with van der Waals surface area (Å²) in [5, 5.41) is 2.45. The van der Waals surface area contributed by atoms with Crippen molar-refractivity contribution in [3.05, 3.63) is 48.9 Å². The third kappa shape index (κ3) is 2.13. The van der Waals surface area contributed by atoms with Crippen LogP contribution in [0.15, 0.2) is 42.7 Å². The predicted octanol–water partition coefficient (Wildman–Crippen LogP) is 2.95. The second-order valence-corrected chi connectivity index (χ2v) is 2.22. The topological polar surface area (TPSA) is 46.4 Å². The number of fused-ring (bicyclic) bond motifs is 1. The molecule has 1 aromatic carbocycles. The molecule has 0 aliphatic heterocycles.